The predicted octanol–water partition coefficient (Wildman–Crippen LogP) is 5.54. The van der Waals surface area contributed by atoms with Crippen LogP contribution in [0.25, 0.3) is 17.1 Å². The van der Waals surface area contributed by atoms with Crippen molar-refractivity contribution in [2.24, 2.45) is 5.10 Å². The molecule has 1 amide bonds. The Morgan fingerprint density at radius 2 is 1.82 bits per heavy atom. The number of carbonyl (C=O) groups excluding carboxylic acids is 1. The van der Waals surface area contributed by atoms with Gasteiger partial charge in [0.1, 0.15) is 0 Å². The van der Waals surface area contributed by atoms with Crippen LogP contribution < -0.4 is 5.43 Å². The van der Waals surface area contributed by atoms with Gasteiger partial charge in [-0.15, -0.1) is 21.5 Å². The molecule has 6 nitrogen and oxygen atoms in total. The molecule has 1 N–H and O–H groups in total. The summed E-state index contributed by atoms with van der Waals surface area (Å²) in [7, 11) is 0. The molecule has 0 spiro atoms. The minimum atomic E-state index is -0.202. The summed E-state index contributed by atoms with van der Waals surface area (Å²) >= 11 is 2.89. The van der Waals surface area contributed by atoms with Crippen LogP contribution in [0.3, 0.4) is 0 Å². The smallest absolute Gasteiger partial charge is 0.250 e. The van der Waals surface area contributed by atoms with Crippen molar-refractivity contribution >= 4 is 35.2 Å². The number of aromatic nitrogens is 3. The van der Waals surface area contributed by atoms with Crippen molar-refractivity contribution in [1.82, 2.24) is 20.2 Å². The molecule has 0 atom stereocenters. The van der Waals surface area contributed by atoms with E-state index in [9.17, 15) is 4.79 Å². The maximum Gasteiger partial charge on any atom is 0.250 e. The van der Waals surface area contributed by atoms with Crippen LogP contribution in [-0.4, -0.2) is 32.6 Å². The zero-order valence-corrected chi connectivity index (χ0v) is 20.4. The number of carbonyl (C=O) groups is 1. The molecule has 0 saturated heterocycles. The minimum absolute atomic E-state index is 0.0754. The molecule has 4 rings (SSSR count). The third-order valence-electron chi connectivity index (χ3n) is 4.91. The molecule has 168 valence electrons. The van der Waals surface area contributed by atoms with Crippen molar-refractivity contribution in [2.45, 2.75) is 31.3 Å². The lowest BCUT2D eigenvalue weighted by molar-refractivity contribution is -0.118. The van der Waals surface area contributed by atoms with Gasteiger partial charge in [-0.05, 0) is 34.6 Å². The van der Waals surface area contributed by atoms with E-state index in [1.807, 2.05) is 52.4 Å². The van der Waals surface area contributed by atoms with Crippen molar-refractivity contribution < 1.29 is 4.79 Å². The van der Waals surface area contributed by atoms with Gasteiger partial charge in [0.2, 0.25) is 0 Å². The Labute approximate surface area is 201 Å². The lowest BCUT2D eigenvalue weighted by atomic mass is 9.87. The van der Waals surface area contributed by atoms with E-state index < -0.39 is 0 Å². The van der Waals surface area contributed by atoms with Crippen molar-refractivity contribution in [2.75, 3.05) is 5.75 Å². The fourth-order valence-electron chi connectivity index (χ4n) is 3.17. The second kappa shape index (κ2) is 10.1. The van der Waals surface area contributed by atoms with Crippen molar-refractivity contribution in [1.29, 1.82) is 0 Å². The highest BCUT2D eigenvalue weighted by molar-refractivity contribution is 7.99. The number of para-hydroxylation sites is 1. The number of nitrogens with zero attached hydrogens (tertiary/aromatic N) is 4. The van der Waals surface area contributed by atoms with E-state index in [4.69, 9.17) is 0 Å². The summed E-state index contributed by atoms with van der Waals surface area (Å²) < 4.78 is 1.99. The zero-order chi connectivity index (χ0) is 23.3. The van der Waals surface area contributed by atoms with Gasteiger partial charge < -0.3 is 0 Å². The normalized spacial score (nSPS) is 11.7. The maximum atomic E-state index is 12.3. The zero-order valence-electron chi connectivity index (χ0n) is 18.7. The van der Waals surface area contributed by atoms with E-state index in [2.05, 4.69) is 65.8 Å². The monoisotopic (exact) mass is 475 g/mol. The van der Waals surface area contributed by atoms with Crippen LogP contribution in [0.5, 0.6) is 0 Å². The summed E-state index contributed by atoms with van der Waals surface area (Å²) in [5.74, 6) is 0.710. The molecule has 2 aromatic carbocycles. The first-order chi connectivity index (χ1) is 15.9. The Morgan fingerprint density at radius 1 is 1.06 bits per heavy atom. The molecule has 0 aliphatic rings. The average molecular weight is 476 g/mol. The molecule has 0 fully saturated rings. The van der Waals surface area contributed by atoms with Crippen molar-refractivity contribution in [3.8, 4) is 17.1 Å². The lowest BCUT2D eigenvalue weighted by Crippen LogP contribution is -2.19. The lowest BCUT2D eigenvalue weighted by Gasteiger charge is -2.19. The Kier molecular flexibility index (Phi) is 7.05. The molecule has 33 heavy (non-hydrogen) atoms. The highest BCUT2D eigenvalue weighted by Crippen LogP contribution is 2.30. The number of thiophene rings is 1. The average Bonchev–Trinajstić information content (AvgIpc) is 3.48. The summed E-state index contributed by atoms with van der Waals surface area (Å²) in [5.41, 5.74) is 5.81. The number of hydrogen-bond acceptors (Lipinski definition) is 6. The van der Waals surface area contributed by atoms with Gasteiger partial charge in [-0.25, -0.2) is 5.43 Å². The van der Waals surface area contributed by atoms with Crippen LogP contribution in [0.15, 0.2) is 82.4 Å². The molecule has 4 aromatic rings. The third kappa shape index (κ3) is 5.77. The second-order valence-corrected chi connectivity index (χ2v) is 10.3. The van der Waals surface area contributed by atoms with E-state index in [0.717, 1.165) is 22.0 Å². The summed E-state index contributed by atoms with van der Waals surface area (Å²) in [6.07, 6.45) is 1.64. The number of rotatable bonds is 7. The summed E-state index contributed by atoms with van der Waals surface area (Å²) in [6.45, 7) is 6.58. The topological polar surface area (TPSA) is 72.2 Å². The molecular formula is C25H25N5OS2. The van der Waals surface area contributed by atoms with Crippen molar-refractivity contribution in [3.05, 3.63) is 82.6 Å². The Hall–Kier alpha value is -3.23. The second-order valence-electron chi connectivity index (χ2n) is 8.40. The SMILES string of the molecule is CC(C)(C)c1ccc(-c2nnc(SCC(=O)N/N=C/c3cccs3)n2-c2ccccc2)cc1. The van der Waals surface area contributed by atoms with Crippen LogP contribution in [0, 0.1) is 0 Å². The van der Waals surface area contributed by atoms with E-state index in [-0.39, 0.29) is 17.1 Å². The van der Waals surface area contributed by atoms with Crippen LogP contribution in [-0.2, 0) is 10.2 Å². The van der Waals surface area contributed by atoms with Gasteiger partial charge in [0, 0.05) is 16.1 Å². The molecule has 0 radical (unpaired) electrons. The Morgan fingerprint density at radius 3 is 2.48 bits per heavy atom. The summed E-state index contributed by atoms with van der Waals surface area (Å²) in [5, 5.41) is 15.5. The van der Waals surface area contributed by atoms with Crippen molar-refractivity contribution in [3.63, 3.8) is 0 Å². The predicted molar refractivity (Wildman–Crippen MR) is 136 cm³/mol. The largest absolute Gasteiger partial charge is 0.272 e. The van der Waals surface area contributed by atoms with Crippen LogP contribution in [0.4, 0.5) is 0 Å². The molecule has 0 aliphatic heterocycles. The van der Waals surface area contributed by atoms with Gasteiger partial charge in [0.05, 0.1) is 12.0 Å². The van der Waals surface area contributed by atoms with Gasteiger partial charge in [-0.1, -0.05) is 81.1 Å². The molecular weight excluding hydrogens is 450 g/mol. The quantitative estimate of drug-likeness (QED) is 0.217. The molecule has 0 saturated carbocycles. The number of nitrogens with one attached hydrogen (secondary N) is 1. The first-order valence-corrected chi connectivity index (χ1v) is 12.4. The number of hydrogen-bond donors (Lipinski definition) is 1. The molecule has 0 bridgehead atoms. The van der Waals surface area contributed by atoms with E-state index in [1.165, 1.54) is 17.3 Å². The summed E-state index contributed by atoms with van der Waals surface area (Å²) in [6, 6.07) is 22.2. The van der Waals surface area contributed by atoms with Gasteiger partial charge in [0.25, 0.3) is 5.91 Å². The highest BCUT2D eigenvalue weighted by atomic mass is 32.2. The number of thioether (sulfide) groups is 1. The van der Waals surface area contributed by atoms with Gasteiger partial charge in [0.15, 0.2) is 11.0 Å². The minimum Gasteiger partial charge on any atom is -0.272 e. The molecule has 0 aliphatic carbocycles. The maximum absolute atomic E-state index is 12.3. The fraction of sp³-hybridized carbons (Fsp3) is 0.200. The molecule has 8 heteroatoms. The fourth-order valence-corrected chi connectivity index (χ4v) is 4.50. The Balaban J connectivity index is 1.55. The van der Waals surface area contributed by atoms with Gasteiger partial charge >= 0.3 is 0 Å². The number of benzene rings is 2. The van der Waals surface area contributed by atoms with E-state index in [0.29, 0.717) is 5.16 Å². The summed E-state index contributed by atoms with van der Waals surface area (Å²) in [4.78, 5) is 13.3. The first kappa shape index (κ1) is 22.9. The van der Waals surface area contributed by atoms with Crippen LogP contribution in [0.2, 0.25) is 0 Å². The number of hydrazone groups is 1. The van der Waals surface area contributed by atoms with Gasteiger partial charge in [-0.3, -0.25) is 9.36 Å². The molecule has 0 unspecified atom stereocenters. The first-order valence-electron chi connectivity index (χ1n) is 10.5. The van der Waals surface area contributed by atoms with Gasteiger partial charge in [-0.2, -0.15) is 5.10 Å². The van der Waals surface area contributed by atoms with Crippen LogP contribution in [0.1, 0.15) is 31.2 Å². The van der Waals surface area contributed by atoms with E-state index in [1.54, 1.807) is 17.6 Å². The molecule has 2 heterocycles. The van der Waals surface area contributed by atoms with Crippen LogP contribution >= 0.6 is 23.1 Å². The highest BCUT2D eigenvalue weighted by Gasteiger charge is 2.19. The standard InChI is InChI=1S/C25H25N5OS2/c1-25(2,3)19-13-11-18(12-14-19)23-28-29-24(30(23)20-8-5-4-6-9-20)33-17-22(31)27-26-16-21-10-7-15-32-21/h4-16H,17H2,1-3H3,(H,27,31)/b26-16+. The number of amides is 1. The molecule has 2 aromatic heterocycles. The third-order valence-corrected chi connectivity index (χ3v) is 6.65. The van der Waals surface area contributed by atoms with E-state index >= 15 is 0 Å². The Bertz CT molecular complexity index is 1220.